The molecule has 0 spiro atoms. The van der Waals surface area contributed by atoms with Crippen LogP contribution in [0.5, 0.6) is 0 Å². The third-order valence-corrected chi connectivity index (χ3v) is 3.72. The lowest BCUT2D eigenvalue weighted by Gasteiger charge is -2.19. The van der Waals surface area contributed by atoms with E-state index >= 15 is 0 Å². The van der Waals surface area contributed by atoms with Gasteiger partial charge in [0.25, 0.3) is 0 Å². The van der Waals surface area contributed by atoms with Crippen molar-refractivity contribution in [2.75, 3.05) is 7.11 Å². The average Bonchev–Trinajstić information content (AvgIpc) is 2.85. The van der Waals surface area contributed by atoms with Crippen LogP contribution in [0, 0.1) is 0 Å². The Morgan fingerprint density at radius 1 is 1.38 bits per heavy atom. The minimum absolute atomic E-state index is 0.00420. The normalized spacial score (nSPS) is 22.3. The monoisotopic (exact) mass is 301 g/mol. The summed E-state index contributed by atoms with van der Waals surface area (Å²) in [6.45, 7) is 0. The second kappa shape index (κ2) is 6.47. The maximum Gasteiger partial charge on any atom is 0.416 e. The Labute approximate surface area is 121 Å². The number of halogens is 3. The molecule has 0 heterocycles. The van der Waals surface area contributed by atoms with E-state index in [4.69, 9.17) is 4.74 Å². The van der Waals surface area contributed by atoms with Crippen molar-refractivity contribution in [3.8, 4) is 0 Å². The molecule has 1 amide bonds. The number of benzene rings is 1. The van der Waals surface area contributed by atoms with Crippen molar-refractivity contribution >= 4 is 5.91 Å². The predicted molar refractivity (Wildman–Crippen MR) is 71.7 cm³/mol. The summed E-state index contributed by atoms with van der Waals surface area (Å²) in [6, 6.07) is 4.81. The Bertz CT molecular complexity index is 502. The van der Waals surface area contributed by atoms with Crippen LogP contribution in [0.15, 0.2) is 24.3 Å². The lowest BCUT2D eigenvalue weighted by atomic mass is 10.1. The predicted octanol–water partition coefficient (Wildman–Crippen LogP) is 2.93. The standard InChI is InChI=1S/C15H18F3NO2/c1-21-13-7-3-6-12(13)19-14(20)9-10-4-2-5-11(8-10)15(16,17)18/h2,4-5,8,12-13H,3,6-7,9H2,1H3,(H,19,20)/t12-,13+/m1/s1. The number of carbonyl (C=O) groups excluding carboxylic acids is 1. The van der Waals surface area contributed by atoms with Gasteiger partial charge in [0.2, 0.25) is 5.91 Å². The van der Waals surface area contributed by atoms with E-state index in [-0.39, 0.29) is 24.5 Å². The smallest absolute Gasteiger partial charge is 0.379 e. The van der Waals surface area contributed by atoms with Gasteiger partial charge in [0, 0.05) is 7.11 Å². The minimum Gasteiger partial charge on any atom is -0.379 e. The summed E-state index contributed by atoms with van der Waals surface area (Å²) in [4.78, 5) is 11.9. The van der Waals surface area contributed by atoms with E-state index < -0.39 is 11.7 Å². The van der Waals surface area contributed by atoms with Crippen LogP contribution in [-0.2, 0) is 22.1 Å². The number of methoxy groups -OCH3 is 1. The van der Waals surface area contributed by atoms with Gasteiger partial charge in [-0.15, -0.1) is 0 Å². The van der Waals surface area contributed by atoms with Crippen LogP contribution < -0.4 is 5.32 Å². The van der Waals surface area contributed by atoms with Crippen LogP contribution in [0.3, 0.4) is 0 Å². The summed E-state index contributed by atoms with van der Waals surface area (Å²) in [5.74, 6) is -0.275. The number of alkyl halides is 3. The SMILES string of the molecule is CO[C@H]1CCC[C@H]1NC(=O)Cc1cccc(C(F)(F)F)c1. The molecule has 3 nitrogen and oxygen atoms in total. The molecule has 2 rings (SSSR count). The van der Waals surface area contributed by atoms with Crippen molar-refractivity contribution in [2.45, 2.75) is 44.0 Å². The zero-order valence-electron chi connectivity index (χ0n) is 11.7. The van der Waals surface area contributed by atoms with E-state index in [0.717, 1.165) is 31.4 Å². The Morgan fingerprint density at radius 2 is 2.14 bits per heavy atom. The molecule has 6 heteroatoms. The summed E-state index contributed by atoms with van der Waals surface area (Å²) in [5, 5.41) is 2.84. The molecule has 0 saturated heterocycles. The minimum atomic E-state index is -4.39. The van der Waals surface area contributed by atoms with Crippen LogP contribution in [-0.4, -0.2) is 25.2 Å². The lowest BCUT2D eigenvalue weighted by Crippen LogP contribution is -2.41. The summed E-state index contributed by atoms with van der Waals surface area (Å²) < 4.78 is 43.1. The number of ether oxygens (including phenoxy) is 1. The molecule has 0 bridgehead atoms. The van der Waals surface area contributed by atoms with Crippen LogP contribution in [0.2, 0.25) is 0 Å². The number of nitrogens with one attached hydrogen (secondary N) is 1. The number of carbonyl (C=O) groups is 1. The van der Waals surface area contributed by atoms with Crippen molar-refractivity contribution in [1.82, 2.24) is 5.32 Å². The fourth-order valence-corrected chi connectivity index (χ4v) is 2.67. The molecule has 1 aromatic rings. The van der Waals surface area contributed by atoms with Gasteiger partial charge < -0.3 is 10.1 Å². The van der Waals surface area contributed by atoms with Crippen LogP contribution >= 0.6 is 0 Å². The van der Waals surface area contributed by atoms with Crippen molar-refractivity contribution in [3.63, 3.8) is 0 Å². The van der Waals surface area contributed by atoms with Gasteiger partial charge in [0.15, 0.2) is 0 Å². The van der Waals surface area contributed by atoms with Crippen molar-refractivity contribution in [3.05, 3.63) is 35.4 Å². The van der Waals surface area contributed by atoms with E-state index in [2.05, 4.69) is 5.32 Å². The molecule has 1 saturated carbocycles. The molecular weight excluding hydrogens is 283 g/mol. The molecule has 0 radical (unpaired) electrons. The fraction of sp³-hybridized carbons (Fsp3) is 0.533. The maximum atomic E-state index is 12.6. The quantitative estimate of drug-likeness (QED) is 0.928. The molecule has 1 fully saturated rings. The third kappa shape index (κ3) is 4.20. The first-order valence-electron chi connectivity index (χ1n) is 6.88. The maximum absolute atomic E-state index is 12.6. The third-order valence-electron chi connectivity index (χ3n) is 3.72. The second-order valence-corrected chi connectivity index (χ2v) is 5.25. The van der Waals surface area contributed by atoms with E-state index in [9.17, 15) is 18.0 Å². The molecule has 2 atom stereocenters. The van der Waals surface area contributed by atoms with E-state index in [1.165, 1.54) is 12.1 Å². The first-order valence-corrected chi connectivity index (χ1v) is 6.88. The Morgan fingerprint density at radius 3 is 2.81 bits per heavy atom. The molecule has 1 N–H and O–H groups in total. The van der Waals surface area contributed by atoms with E-state index in [1.54, 1.807) is 7.11 Å². The molecule has 0 aromatic heterocycles. The highest BCUT2D eigenvalue weighted by molar-refractivity contribution is 5.79. The zero-order valence-corrected chi connectivity index (χ0v) is 11.7. The summed E-state index contributed by atoms with van der Waals surface area (Å²) in [5.41, 5.74) is -0.377. The molecule has 116 valence electrons. The molecular formula is C15H18F3NO2. The Kier molecular flexibility index (Phi) is 4.88. The molecule has 0 unspecified atom stereocenters. The van der Waals surface area contributed by atoms with Crippen molar-refractivity contribution in [1.29, 1.82) is 0 Å². The Hall–Kier alpha value is -1.56. The first-order chi connectivity index (χ1) is 9.90. The van der Waals surface area contributed by atoms with Gasteiger partial charge >= 0.3 is 6.18 Å². The molecule has 0 aliphatic heterocycles. The van der Waals surface area contributed by atoms with E-state index in [1.807, 2.05) is 0 Å². The van der Waals surface area contributed by atoms with Gasteiger partial charge in [-0.3, -0.25) is 4.79 Å². The second-order valence-electron chi connectivity index (χ2n) is 5.25. The number of hydrogen-bond acceptors (Lipinski definition) is 2. The summed E-state index contributed by atoms with van der Waals surface area (Å²) in [6.07, 6.45) is -1.74. The molecule has 21 heavy (non-hydrogen) atoms. The van der Waals surface area contributed by atoms with Gasteiger partial charge in [0.1, 0.15) is 0 Å². The summed E-state index contributed by atoms with van der Waals surface area (Å²) >= 11 is 0. The van der Waals surface area contributed by atoms with Gasteiger partial charge in [-0.25, -0.2) is 0 Å². The molecule has 1 aliphatic carbocycles. The van der Waals surface area contributed by atoms with Gasteiger partial charge in [-0.2, -0.15) is 13.2 Å². The number of hydrogen-bond donors (Lipinski definition) is 1. The highest BCUT2D eigenvalue weighted by Gasteiger charge is 2.31. The lowest BCUT2D eigenvalue weighted by molar-refractivity contribution is -0.137. The molecule has 1 aromatic carbocycles. The highest BCUT2D eigenvalue weighted by Crippen LogP contribution is 2.29. The zero-order chi connectivity index (χ0) is 15.5. The van der Waals surface area contributed by atoms with Crippen LogP contribution in [0.4, 0.5) is 13.2 Å². The number of amides is 1. The van der Waals surface area contributed by atoms with Gasteiger partial charge in [-0.1, -0.05) is 18.2 Å². The van der Waals surface area contributed by atoms with Crippen LogP contribution in [0.25, 0.3) is 0 Å². The fourth-order valence-electron chi connectivity index (χ4n) is 2.67. The van der Waals surface area contributed by atoms with E-state index in [0.29, 0.717) is 5.56 Å². The largest absolute Gasteiger partial charge is 0.416 e. The summed E-state index contributed by atoms with van der Waals surface area (Å²) in [7, 11) is 1.60. The highest BCUT2D eigenvalue weighted by atomic mass is 19.4. The molecule has 1 aliphatic rings. The number of rotatable bonds is 4. The van der Waals surface area contributed by atoms with Crippen molar-refractivity contribution in [2.24, 2.45) is 0 Å². The van der Waals surface area contributed by atoms with Gasteiger partial charge in [0.05, 0.1) is 24.1 Å². The first kappa shape index (κ1) is 15.8. The van der Waals surface area contributed by atoms with Crippen molar-refractivity contribution < 1.29 is 22.7 Å². The Balaban J connectivity index is 1.97. The average molecular weight is 301 g/mol. The van der Waals surface area contributed by atoms with Gasteiger partial charge in [-0.05, 0) is 30.9 Å². The topological polar surface area (TPSA) is 38.3 Å². The van der Waals surface area contributed by atoms with Crippen LogP contribution in [0.1, 0.15) is 30.4 Å².